The van der Waals surface area contributed by atoms with Crippen molar-refractivity contribution in [1.82, 2.24) is 10.3 Å². The molecule has 0 saturated heterocycles. The molecule has 104 valence electrons. The minimum atomic E-state index is -0.0913. The van der Waals surface area contributed by atoms with Gasteiger partial charge in [0, 0.05) is 23.5 Å². The number of rotatable bonds is 5. The van der Waals surface area contributed by atoms with E-state index in [9.17, 15) is 4.79 Å². The first kappa shape index (κ1) is 14.5. The van der Waals surface area contributed by atoms with Crippen molar-refractivity contribution >= 4 is 23.2 Å². The maximum absolute atomic E-state index is 11.8. The van der Waals surface area contributed by atoms with Crippen LogP contribution in [0.3, 0.4) is 0 Å². The summed E-state index contributed by atoms with van der Waals surface area (Å²) in [5.74, 6) is -0.0913. The third-order valence-electron chi connectivity index (χ3n) is 2.78. The number of amides is 1. The third-order valence-corrected chi connectivity index (χ3v) is 3.02. The van der Waals surface area contributed by atoms with E-state index in [-0.39, 0.29) is 12.5 Å². The molecule has 0 unspecified atom stereocenters. The predicted octanol–water partition coefficient (Wildman–Crippen LogP) is 2.77. The molecular formula is C15H16ClN3O. The molecule has 2 N–H and O–H groups in total. The van der Waals surface area contributed by atoms with E-state index in [0.29, 0.717) is 11.6 Å². The van der Waals surface area contributed by atoms with E-state index < -0.39 is 0 Å². The van der Waals surface area contributed by atoms with E-state index in [2.05, 4.69) is 15.6 Å². The van der Waals surface area contributed by atoms with E-state index in [1.165, 1.54) is 0 Å². The third kappa shape index (κ3) is 4.33. The average molecular weight is 290 g/mol. The van der Waals surface area contributed by atoms with Gasteiger partial charge in [0.25, 0.3) is 0 Å². The molecule has 0 bridgehead atoms. The summed E-state index contributed by atoms with van der Waals surface area (Å²) in [7, 11) is 0. The number of aromatic nitrogens is 1. The first-order chi connectivity index (χ1) is 9.65. The molecule has 0 aliphatic carbocycles. The molecule has 1 aromatic heterocycles. The van der Waals surface area contributed by atoms with Gasteiger partial charge in [-0.05, 0) is 42.8 Å². The smallest absolute Gasteiger partial charge is 0.238 e. The van der Waals surface area contributed by atoms with Crippen molar-refractivity contribution in [2.75, 3.05) is 11.9 Å². The number of benzene rings is 1. The molecule has 0 fully saturated rings. The van der Waals surface area contributed by atoms with Crippen molar-refractivity contribution in [3.8, 4) is 0 Å². The second-order valence-corrected chi connectivity index (χ2v) is 4.87. The van der Waals surface area contributed by atoms with Crippen molar-refractivity contribution in [3.05, 3.63) is 58.9 Å². The van der Waals surface area contributed by atoms with Crippen LogP contribution in [0.25, 0.3) is 0 Å². The number of carbonyl (C=O) groups excluding carboxylic acids is 1. The van der Waals surface area contributed by atoms with E-state index in [4.69, 9.17) is 11.6 Å². The lowest BCUT2D eigenvalue weighted by atomic mass is 10.2. The Balaban J connectivity index is 1.81. The van der Waals surface area contributed by atoms with Gasteiger partial charge in [0.15, 0.2) is 0 Å². The summed E-state index contributed by atoms with van der Waals surface area (Å²) in [6.45, 7) is 2.70. The van der Waals surface area contributed by atoms with Crippen LogP contribution >= 0.6 is 11.6 Å². The summed E-state index contributed by atoms with van der Waals surface area (Å²) in [4.78, 5) is 16.0. The Bertz CT molecular complexity index is 587. The summed E-state index contributed by atoms with van der Waals surface area (Å²) in [6.07, 6.45) is 1.73. The lowest BCUT2D eigenvalue weighted by molar-refractivity contribution is -0.115. The SMILES string of the molecule is Cc1cc(Cl)ccc1NC(=O)CNCc1ccccn1. The minimum absolute atomic E-state index is 0.0913. The van der Waals surface area contributed by atoms with Crippen molar-refractivity contribution < 1.29 is 4.79 Å². The van der Waals surface area contributed by atoms with Crippen molar-refractivity contribution in [2.45, 2.75) is 13.5 Å². The van der Waals surface area contributed by atoms with Gasteiger partial charge in [-0.2, -0.15) is 0 Å². The van der Waals surface area contributed by atoms with Crippen molar-refractivity contribution in [3.63, 3.8) is 0 Å². The highest BCUT2D eigenvalue weighted by Crippen LogP contribution is 2.19. The highest BCUT2D eigenvalue weighted by molar-refractivity contribution is 6.30. The molecule has 0 spiro atoms. The largest absolute Gasteiger partial charge is 0.325 e. The van der Waals surface area contributed by atoms with Gasteiger partial charge in [-0.15, -0.1) is 0 Å². The number of hydrogen-bond acceptors (Lipinski definition) is 3. The maximum Gasteiger partial charge on any atom is 0.238 e. The Morgan fingerprint density at radius 1 is 1.30 bits per heavy atom. The second-order valence-electron chi connectivity index (χ2n) is 4.43. The zero-order chi connectivity index (χ0) is 14.4. The number of aryl methyl sites for hydroxylation is 1. The minimum Gasteiger partial charge on any atom is -0.325 e. The molecule has 5 heteroatoms. The van der Waals surface area contributed by atoms with Crippen molar-refractivity contribution in [1.29, 1.82) is 0 Å². The molecule has 0 saturated carbocycles. The van der Waals surface area contributed by atoms with Crippen LogP contribution in [0.15, 0.2) is 42.6 Å². The van der Waals surface area contributed by atoms with Crippen LogP contribution < -0.4 is 10.6 Å². The highest BCUT2D eigenvalue weighted by Gasteiger charge is 2.05. The number of carbonyl (C=O) groups is 1. The molecule has 0 radical (unpaired) electrons. The Kier molecular flexibility index (Phi) is 5.09. The highest BCUT2D eigenvalue weighted by atomic mass is 35.5. The molecule has 1 amide bonds. The van der Waals surface area contributed by atoms with Gasteiger partial charge in [-0.3, -0.25) is 9.78 Å². The summed E-state index contributed by atoms with van der Waals surface area (Å²) in [6, 6.07) is 11.1. The zero-order valence-electron chi connectivity index (χ0n) is 11.2. The quantitative estimate of drug-likeness (QED) is 0.890. The normalized spacial score (nSPS) is 10.3. The Morgan fingerprint density at radius 3 is 2.85 bits per heavy atom. The molecule has 2 aromatic rings. The Labute approximate surface area is 123 Å². The van der Waals surface area contributed by atoms with Crippen LogP contribution in [0.4, 0.5) is 5.69 Å². The first-order valence-corrected chi connectivity index (χ1v) is 6.69. The van der Waals surface area contributed by atoms with Crippen molar-refractivity contribution in [2.24, 2.45) is 0 Å². The van der Waals surface area contributed by atoms with Crippen LogP contribution in [-0.4, -0.2) is 17.4 Å². The molecule has 1 aromatic carbocycles. The molecule has 2 rings (SSSR count). The molecule has 20 heavy (non-hydrogen) atoms. The lowest BCUT2D eigenvalue weighted by Crippen LogP contribution is -2.28. The fraction of sp³-hybridized carbons (Fsp3) is 0.200. The Hall–Kier alpha value is -1.91. The van der Waals surface area contributed by atoms with Gasteiger partial charge in [0.05, 0.1) is 12.2 Å². The average Bonchev–Trinajstić information content (AvgIpc) is 2.43. The number of nitrogens with one attached hydrogen (secondary N) is 2. The Morgan fingerprint density at radius 2 is 2.15 bits per heavy atom. The van der Waals surface area contributed by atoms with E-state index in [0.717, 1.165) is 16.9 Å². The number of halogens is 1. The molecule has 1 heterocycles. The summed E-state index contributed by atoms with van der Waals surface area (Å²) in [5, 5.41) is 6.56. The molecule has 0 aliphatic rings. The molecule has 4 nitrogen and oxygen atoms in total. The van der Waals surface area contributed by atoms with Gasteiger partial charge in [-0.1, -0.05) is 17.7 Å². The van der Waals surface area contributed by atoms with Crippen LogP contribution in [0, 0.1) is 6.92 Å². The number of hydrogen-bond donors (Lipinski definition) is 2. The standard InChI is InChI=1S/C15H16ClN3O/c1-11-8-12(16)5-6-14(11)19-15(20)10-17-9-13-4-2-3-7-18-13/h2-8,17H,9-10H2,1H3,(H,19,20). The molecule has 0 atom stereocenters. The zero-order valence-corrected chi connectivity index (χ0v) is 11.9. The summed E-state index contributed by atoms with van der Waals surface area (Å²) >= 11 is 5.87. The second kappa shape index (κ2) is 7.03. The predicted molar refractivity (Wildman–Crippen MR) is 80.8 cm³/mol. The van der Waals surface area contributed by atoms with E-state index in [1.54, 1.807) is 18.3 Å². The van der Waals surface area contributed by atoms with Gasteiger partial charge >= 0.3 is 0 Å². The topological polar surface area (TPSA) is 54.0 Å². The van der Waals surface area contributed by atoms with Gasteiger partial charge in [0.1, 0.15) is 0 Å². The van der Waals surface area contributed by atoms with E-state index >= 15 is 0 Å². The van der Waals surface area contributed by atoms with Crippen LogP contribution in [0.1, 0.15) is 11.3 Å². The fourth-order valence-corrected chi connectivity index (χ4v) is 2.00. The van der Waals surface area contributed by atoms with Gasteiger partial charge in [0.2, 0.25) is 5.91 Å². The van der Waals surface area contributed by atoms with Crippen LogP contribution in [-0.2, 0) is 11.3 Å². The molecule has 0 aliphatic heterocycles. The van der Waals surface area contributed by atoms with Crippen LogP contribution in [0.2, 0.25) is 5.02 Å². The number of pyridine rings is 1. The van der Waals surface area contributed by atoms with Gasteiger partial charge < -0.3 is 10.6 Å². The van der Waals surface area contributed by atoms with E-state index in [1.807, 2.05) is 31.2 Å². The summed E-state index contributed by atoms with van der Waals surface area (Å²) in [5.41, 5.74) is 2.62. The fourth-order valence-electron chi connectivity index (χ4n) is 1.77. The molecular weight excluding hydrogens is 274 g/mol. The maximum atomic E-state index is 11.8. The summed E-state index contributed by atoms with van der Waals surface area (Å²) < 4.78 is 0. The lowest BCUT2D eigenvalue weighted by Gasteiger charge is -2.09. The number of anilines is 1. The number of nitrogens with zero attached hydrogens (tertiary/aromatic N) is 1. The van der Waals surface area contributed by atoms with Crippen LogP contribution in [0.5, 0.6) is 0 Å². The van der Waals surface area contributed by atoms with Gasteiger partial charge in [-0.25, -0.2) is 0 Å². The first-order valence-electron chi connectivity index (χ1n) is 6.32. The monoisotopic (exact) mass is 289 g/mol.